The van der Waals surface area contributed by atoms with Crippen LogP contribution in [0.4, 0.5) is 0 Å². The van der Waals surface area contributed by atoms with Crippen molar-refractivity contribution < 1.29 is 9.90 Å². The highest BCUT2D eigenvalue weighted by Crippen LogP contribution is 2.45. The number of hydrogen-bond donors (Lipinski definition) is 2. The summed E-state index contributed by atoms with van der Waals surface area (Å²) in [4.78, 5) is 11.1. The predicted molar refractivity (Wildman–Crippen MR) is 72.5 cm³/mol. The van der Waals surface area contributed by atoms with E-state index in [0.717, 1.165) is 37.7 Å². The minimum absolute atomic E-state index is 0.119. The number of aromatic nitrogens is 2. The molecule has 5 heteroatoms. The van der Waals surface area contributed by atoms with E-state index in [0.29, 0.717) is 0 Å². The molecule has 0 aromatic carbocycles. The smallest absolute Gasteiger partial charge is 0.303 e. The van der Waals surface area contributed by atoms with Gasteiger partial charge in [-0.3, -0.25) is 9.48 Å². The Hall–Kier alpha value is -1.36. The van der Waals surface area contributed by atoms with Crippen LogP contribution in [0.3, 0.4) is 0 Å². The van der Waals surface area contributed by atoms with Gasteiger partial charge in [-0.05, 0) is 24.7 Å². The average Bonchev–Trinajstić information content (AvgIpc) is 2.76. The lowest BCUT2D eigenvalue weighted by atomic mass is 9.68. The molecule has 0 amide bonds. The van der Waals surface area contributed by atoms with Crippen molar-refractivity contribution in [3.05, 3.63) is 18.0 Å². The molecule has 0 aliphatic heterocycles. The Labute approximate surface area is 113 Å². The maximum Gasteiger partial charge on any atom is 0.303 e. The molecule has 1 unspecified atom stereocenters. The highest BCUT2D eigenvalue weighted by atomic mass is 16.4. The third-order valence-corrected chi connectivity index (χ3v) is 4.25. The third kappa shape index (κ3) is 3.56. The molecule has 1 aromatic heterocycles. The SMILES string of the molecule is Cn1cc(C(N)CC2(CC(=O)O)CCCCC2)cn1. The van der Waals surface area contributed by atoms with Gasteiger partial charge >= 0.3 is 5.97 Å². The van der Waals surface area contributed by atoms with E-state index in [1.54, 1.807) is 10.9 Å². The molecule has 1 aliphatic rings. The number of rotatable bonds is 5. The van der Waals surface area contributed by atoms with Gasteiger partial charge in [-0.1, -0.05) is 19.3 Å². The van der Waals surface area contributed by atoms with Crippen molar-refractivity contribution in [3.63, 3.8) is 0 Å². The van der Waals surface area contributed by atoms with Crippen LogP contribution in [0.5, 0.6) is 0 Å². The Morgan fingerprint density at radius 1 is 1.53 bits per heavy atom. The first-order valence-corrected chi connectivity index (χ1v) is 6.97. The van der Waals surface area contributed by atoms with Crippen LogP contribution in [-0.4, -0.2) is 20.9 Å². The number of hydrogen-bond acceptors (Lipinski definition) is 3. The average molecular weight is 265 g/mol. The van der Waals surface area contributed by atoms with Crippen molar-refractivity contribution in [2.75, 3.05) is 0 Å². The van der Waals surface area contributed by atoms with Gasteiger partial charge in [-0.25, -0.2) is 0 Å². The van der Waals surface area contributed by atoms with E-state index in [4.69, 9.17) is 10.8 Å². The van der Waals surface area contributed by atoms with E-state index < -0.39 is 5.97 Å². The maximum atomic E-state index is 11.1. The van der Waals surface area contributed by atoms with Gasteiger partial charge in [0.15, 0.2) is 0 Å². The van der Waals surface area contributed by atoms with Gasteiger partial charge in [0.25, 0.3) is 0 Å². The number of nitrogens with two attached hydrogens (primary N) is 1. The maximum absolute atomic E-state index is 11.1. The summed E-state index contributed by atoms with van der Waals surface area (Å²) < 4.78 is 1.74. The molecule has 0 bridgehead atoms. The summed E-state index contributed by atoms with van der Waals surface area (Å²) >= 11 is 0. The van der Waals surface area contributed by atoms with Gasteiger partial charge in [0.2, 0.25) is 0 Å². The number of carboxylic acids is 1. The summed E-state index contributed by atoms with van der Waals surface area (Å²) in [6.07, 6.45) is 10.1. The number of nitrogens with zero attached hydrogens (tertiary/aromatic N) is 2. The van der Waals surface area contributed by atoms with Crippen LogP contribution in [-0.2, 0) is 11.8 Å². The Kier molecular flexibility index (Phi) is 4.24. The van der Waals surface area contributed by atoms with Crippen molar-refractivity contribution in [2.24, 2.45) is 18.2 Å². The van der Waals surface area contributed by atoms with E-state index in [-0.39, 0.29) is 17.9 Å². The van der Waals surface area contributed by atoms with Gasteiger partial charge in [0.1, 0.15) is 0 Å². The Balaban J connectivity index is 2.08. The number of aryl methyl sites for hydroxylation is 1. The second kappa shape index (κ2) is 5.74. The molecule has 2 rings (SSSR count). The topological polar surface area (TPSA) is 81.1 Å². The third-order valence-electron chi connectivity index (χ3n) is 4.25. The number of aliphatic carboxylic acids is 1. The van der Waals surface area contributed by atoms with Gasteiger partial charge in [0, 0.05) is 24.8 Å². The molecule has 1 heterocycles. The summed E-state index contributed by atoms with van der Waals surface area (Å²) in [5, 5.41) is 13.3. The quantitative estimate of drug-likeness (QED) is 0.855. The lowest BCUT2D eigenvalue weighted by Gasteiger charge is -2.38. The molecular weight excluding hydrogens is 242 g/mol. The van der Waals surface area contributed by atoms with Gasteiger partial charge in [-0.15, -0.1) is 0 Å². The highest BCUT2D eigenvalue weighted by molar-refractivity contribution is 5.67. The van der Waals surface area contributed by atoms with Crippen LogP contribution in [0.1, 0.15) is 56.6 Å². The molecular formula is C14H23N3O2. The van der Waals surface area contributed by atoms with Crippen molar-refractivity contribution in [1.29, 1.82) is 0 Å². The molecule has 1 saturated carbocycles. The van der Waals surface area contributed by atoms with Crippen LogP contribution in [0.2, 0.25) is 0 Å². The van der Waals surface area contributed by atoms with Crippen molar-refractivity contribution >= 4 is 5.97 Å². The van der Waals surface area contributed by atoms with Crippen LogP contribution in [0.15, 0.2) is 12.4 Å². The predicted octanol–water partition coefficient (Wildman–Crippen LogP) is 2.24. The lowest BCUT2D eigenvalue weighted by Crippen LogP contribution is -2.31. The Morgan fingerprint density at radius 3 is 2.74 bits per heavy atom. The van der Waals surface area contributed by atoms with E-state index in [1.807, 2.05) is 13.2 Å². The molecule has 0 spiro atoms. The zero-order valence-corrected chi connectivity index (χ0v) is 11.5. The van der Waals surface area contributed by atoms with Gasteiger partial charge in [0.05, 0.1) is 12.6 Å². The Morgan fingerprint density at radius 2 is 2.21 bits per heavy atom. The largest absolute Gasteiger partial charge is 0.481 e. The van der Waals surface area contributed by atoms with E-state index >= 15 is 0 Å². The molecule has 5 nitrogen and oxygen atoms in total. The summed E-state index contributed by atoms with van der Waals surface area (Å²) in [5.41, 5.74) is 7.13. The fourth-order valence-corrected chi connectivity index (χ4v) is 3.29. The van der Waals surface area contributed by atoms with Crippen LogP contribution >= 0.6 is 0 Å². The molecule has 19 heavy (non-hydrogen) atoms. The summed E-state index contributed by atoms with van der Waals surface area (Å²) in [6.45, 7) is 0. The monoisotopic (exact) mass is 265 g/mol. The number of carbonyl (C=O) groups is 1. The van der Waals surface area contributed by atoms with Crippen molar-refractivity contribution in [1.82, 2.24) is 9.78 Å². The minimum atomic E-state index is -0.708. The zero-order valence-electron chi connectivity index (χ0n) is 11.5. The summed E-state index contributed by atoms with van der Waals surface area (Å²) in [5.74, 6) is -0.708. The second-order valence-electron chi connectivity index (χ2n) is 5.89. The van der Waals surface area contributed by atoms with Gasteiger partial charge in [-0.2, -0.15) is 5.10 Å². The summed E-state index contributed by atoms with van der Waals surface area (Å²) in [6, 6.07) is -0.119. The van der Waals surface area contributed by atoms with Gasteiger partial charge < -0.3 is 10.8 Å². The zero-order chi connectivity index (χ0) is 13.9. The van der Waals surface area contributed by atoms with E-state index in [2.05, 4.69) is 5.10 Å². The van der Waals surface area contributed by atoms with Crippen molar-refractivity contribution in [3.8, 4) is 0 Å². The molecule has 1 aromatic rings. The molecule has 106 valence electrons. The fourth-order valence-electron chi connectivity index (χ4n) is 3.29. The van der Waals surface area contributed by atoms with E-state index in [1.165, 1.54) is 6.42 Å². The first kappa shape index (κ1) is 14.1. The first-order chi connectivity index (χ1) is 9.01. The standard InChI is InChI=1S/C14H23N3O2/c1-17-10-11(9-16-17)12(15)7-14(8-13(18)19)5-3-2-4-6-14/h9-10,12H,2-8,15H2,1H3,(H,18,19). The molecule has 1 aliphatic carbocycles. The van der Waals surface area contributed by atoms with Crippen LogP contribution in [0, 0.1) is 5.41 Å². The molecule has 0 saturated heterocycles. The molecule has 3 N–H and O–H groups in total. The lowest BCUT2D eigenvalue weighted by molar-refractivity contribution is -0.140. The molecule has 0 radical (unpaired) electrons. The van der Waals surface area contributed by atoms with Crippen molar-refractivity contribution in [2.45, 2.75) is 51.0 Å². The Bertz CT molecular complexity index is 436. The number of carboxylic acid groups (broad SMARTS) is 1. The minimum Gasteiger partial charge on any atom is -0.481 e. The van der Waals surface area contributed by atoms with E-state index in [9.17, 15) is 4.79 Å². The first-order valence-electron chi connectivity index (χ1n) is 6.97. The molecule has 1 atom stereocenters. The summed E-state index contributed by atoms with van der Waals surface area (Å²) in [7, 11) is 1.86. The van der Waals surface area contributed by atoms with Crippen LogP contribution < -0.4 is 5.73 Å². The fraction of sp³-hybridized carbons (Fsp3) is 0.714. The molecule has 1 fully saturated rings. The normalized spacial score (nSPS) is 20.1. The highest BCUT2D eigenvalue weighted by Gasteiger charge is 2.36. The van der Waals surface area contributed by atoms with Crippen LogP contribution in [0.25, 0.3) is 0 Å². The second-order valence-corrected chi connectivity index (χ2v) is 5.89.